The maximum Gasteiger partial charge on any atom is 0.335 e. The monoisotopic (exact) mass is 591 g/mol. The zero-order chi connectivity index (χ0) is 31.2. The third kappa shape index (κ3) is 5.16. The topological polar surface area (TPSA) is 108 Å². The van der Waals surface area contributed by atoms with E-state index in [-0.39, 0.29) is 5.56 Å². The molecule has 7 nitrogen and oxygen atoms in total. The third-order valence-electron chi connectivity index (χ3n) is 8.69. The molecule has 3 aliphatic heterocycles. The molecule has 3 aliphatic rings. The Morgan fingerprint density at radius 2 is 1.22 bits per heavy atom. The quantitative estimate of drug-likeness (QED) is 0.193. The van der Waals surface area contributed by atoms with E-state index in [1.165, 1.54) is 11.1 Å². The van der Waals surface area contributed by atoms with Crippen molar-refractivity contribution in [3.8, 4) is 11.1 Å². The highest BCUT2D eigenvalue weighted by molar-refractivity contribution is 5.95. The highest BCUT2D eigenvalue weighted by atomic mass is 16.4. The minimum atomic E-state index is -0.958. The van der Waals surface area contributed by atoms with Gasteiger partial charge in [-0.05, 0) is 127 Å². The van der Waals surface area contributed by atoms with Crippen LogP contribution < -0.4 is 0 Å². The summed E-state index contributed by atoms with van der Waals surface area (Å²) in [6, 6.07) is 23.5. The number of allylic oxidation sites excluding steroid dienone is 4. The van der Waals surface area contributed by atoms with E-state index in [4.69, 9.17) is 15.0 Å². The molecule has 3 N–H and O–H groups in total. The van der Waals surface area contributed by atoms with Gasteiger partial charge >= 0.3 is 5.97 Å². The Labute approximate surface area is 261 Å². The Hall–Kier alpha value is -5.56. The number of H-pyrrole nitrogens is 2. The van der Waals surface area contributed by atoms with Gasteiger partial charge in [0.15, 0.2) is 0 Å². The predicted octanol–water partition coefficient (Wildman–Crippen LogP) is 9.36. The fraction of sp³-hybridized carbons (Fsp3) is 0.158. The van der Waals surface area contributed by atoms with Crippen LogP contribution in [0.15, 0.2) is 72.8 Å². The minimum Gasteiger partial charge on any atom is -0.478 e. The first-order chi connectivity index (χ1) is 21.8. The highest BCUT2D eigenvalue weighted by Crippen LogP contribution is 2.35. The number of carboxylic acids is 1. The van der Waals surface area contributed by atoms with Crippen molar-refractivity contribution in [2.45, 2.75) is 40.5 Å². The van der Waals surface area contributed by atoms with Crippen molar-refractivity contribution >= 4 is 62.5 Å². The second-order valence-electron chi connectivity index (χ2n) is 11.5. The van der Waals surface area contributed by atoms with E-state index in [0.29, 0.717) is 0 Å². The van der Waals surface area contributed by atoms with Crippen LogP contribution in [-0.4, -0.2) is 36.0 Å². The number of hydrogen-bond donors (Lipinski definition) is 3. The third-order valence-corrected chi connectivity index (χ3v) is 8.69. The molecule has 0 saturated heterocycles. The number of fused-ring (bicyclic) bond motifs is 10. The van der Waals surface area contributed by atoms with Gasteiger partial charge in [-0.2, -0.15) is 0 Å². The lowest BCUT2D eigenvalue weighted by Crippen LogP contribution is -1.95. The number of carboxylic acid groups (broad SMARTS) is 1. The van der Waals surface area contributed by atoms with Gasteiger partial charge in [-0.1, -0.05) is 26.0 Å². The Bertz CT molecular complexity index is 2230. The van der Waals surface area contributed by atoms with E-state index in [1.54, 1.807) is 12.1 Å². The van der Waals surface area contributed by atoms with Crippen molar-refractivity contribution in [1.29, 1.82) is 0 Å². The van der Waals surface area contributed by atoms with E-state index in [1.807, 2.05) is 42.5 Å². The summed E-state index contributed by atoms with van der Waals surface area (Å²) >= 11 is 0. The van der Waals surface area contributed by atoms with Crippen LogP contribution in [0.5, 0.6) is 0 Å². The Balaban J connectivity index is 1.56. The SMILES string of the molecule is CCC1=C(C)c2cc3nc(c(-c4ccc(C(=O)O)cc4)c4ccc(cc5nc(cc6ccc(cc1n2)[nH]6)C(CC)=C5C)[nH]4)C=C3. The Morgan fingerprint density at radius 3 is 1.82 bits per heavy atom. The fourth-order valence-electron chi connectivity index (χ4n) is 6.31. The summed E-state index contributed by atoms with van der Waals surface area (Å²) in [5.41, 5.74) is 15.8. The van der Waals surface area contributed by atoms with Gasteiger partial charge in [-0.25, -0.2) is 19.7 Å². The molecule has 0 spiro atoms. The number of carbonyl (C=O) groups is 1. The van der Waals surface area contributed by atoms with Gasteiger partial charge in [0.1, 0.15) is 0 Å². The number of nitrogens with zero attached hydrogens (tertiary/aromatic N) is 3. The first-order valence-electron chi connectivity index (χ1n) is 15.3. The lowest BCUT2D eigenvalue weighted by Gasteiger charge is -2.04. The standard InChI is InChI=1S/C38H33N5O2/c1-5-29-21(3)33-17-27-13-15-31(40-27)37(23-7-9-24(10-8-23)38(44)45)32-16-14-28(41-32)18-34-22(4)30(6-2)36(43-34)20-26-12-11-25(39-26)19-35(29)42-33/h7-20,39-40H,5-6H2,1-4H3,(H,44,45). The number of aromatic nitrogens is 5. The van der Waals surface area contributed by atoms with Crippen molar-refractivity contribution in [3.63, 3.8) is 0 Å². The summed E-state index contributed by atoms with van der Waals surface area (Å²) in [6.45, 7) is 8.57. The Kier molecular flexibility index (Phi) is 7.01. The molecule has 7 heteroatoms. The average molecular weight is 592 g/mol. The van der Waals surface area contributed by atoms with Crippen LogP contribution in [0.1, 0.15) is 85.1 Å². The fourth-order valence-corrected chi connectivity index (χ4v) is 6.31. The number of hydrogen-bond acceptors (Lipinski definition) is 4. The summed E-state index contributed by atoms with van der Waals surface area (Å²) in [6.07, 6.45) is 5.75. The van der Waals surface area contributed by atoms with Crippen LogP contribution in [0, 0.1) is 0 Å². The van der Waals surface area contributed by atoms with Gasteiger partial charge in [-0.3, -0.25) is 0 Å². The van der Waals surface area contributed by atoms with Crippen LogP contribution in [0.3, 0.4) is 0 Å². The van der Waals surface area contributed by atoms with Gasteiger partial charge in [0, 0.05) is 27.6 Å². The zero-order valence-electron chi connectivity index (χ0n) is 25.7. The zero-order valence-corrected chi connectivity index (χ0v) is 25.7. The van der Waals surface area contributed by atoms with Gasteiger partial charge in [0.05, 0.1) is 39.7 Å². The molecule has 222 valence electrons. The second-order valence-corrected chi connectivity index (χ2v) is 11.5. The van der Waals surface area contributed by atoms with Crippen LogP contribution in [0.2, 0.25) is 0 Å². The van der Waals surface area contributed by atoms with Crippen molar-refractivity contribution in [3.05, 3.63) is 113 Å². The summed E-state index contributed by atoms with van der Waals surface area (Å²) in [4.78, 5) is 33.8. The first kappa shape index (κ1) is 28.2. The van der Waals surface area contributed by atoms with Gasteiger partial charge < -0.3 is 15.1 Å². The van der Waals surface area contributed by atoms with E-state index >= 15 is 0 Å². The second kappa shape index (κ2) is 11.2. The molecule has 3 aromatic heterocycles. The van der Waals surface area contributed by atoms with E-state index in [2.05, 4.69) is 68.0 Å². The molecule has 10 bridgehead atoms. The molecule has 1 aromatic carbocycles. The molecular weight excluding hydrogens is 558 g/mol. The molecular formula is C38H33N5O2. The average Bonchev–Trinajstić information content (AvgIpc) is 3.86. The normalized spacial score (nSPS) is 13.4. The maximum atomic E-state index is 11.6. The predicted molar refractivity (Wildman–Crippen MR) is 183 cm³/mol. The van der Waals surface area contributed by atoms with E-state index in [0.717, 1.165) is 91.3 Å². The molecule has 4 aromatic rings. The summed E-state index contributed by atoms with van der Waals surface area (Å²) in [7, 11) is 0. The number of nitrogens with one attached hydrogen (secondary N) is 2. The molecule has 0 aliphatic carbocycles. The van der Waals surface area contributed by atoms with Crippen LogP contribution in [-0.2, 0) is 0 Å². The van der Waals surface area contributed by atoms with Crippen molar-refractivity contribution in [2.75, 3.05) is 0 Å². The molecule has 0 radical (unpaired) electrons. The number of rotatable bonds is 4. The van der Waals surface area contributed by atoms with Crippen LogP contribution in [0.25, 0.3) is 67.6 Å². The van der Waals surface area contributed by atoms with Crippen LogP contribution >= 0.6 is 0 Å². The summed E-state index contributed by atoms with van der Waals surface area (Å²) in [5, 5.41) is 9.49. The van der Waals surface area contributed by atoms with E-state index in [9.17, 15) is 9.90 Å². The highest BCUT2D eigenvalue weighted by Gasteiger charge is 2.18. The number of aromatic carboxylic acids is 1. The molecule has 0 unspecified atom stereocenters. The van der Waals surface area contributed by atoms with Gasteiger partial charge in [0.2, 0.25) is 0 Å². The molecule has 7 rings (SSSR count). The number of aromatic amines is 2. The maximum absolute atomic E-state index is 11.6. The smallest absolute Gasteiger partial charge is 0.335 e. The minimum absolute atomic E-state index is 0.237. The van der Waals surface area contributed by atoms with E-state index < -0.39 is 5.97 Å². The van der Waals surface area contributed by atoms with Gasteiger partial charge in [-0.15, -0.1) is 0 Å². The lowest BCUT2D eigenvalue weighted by molar-refractivity contribution is 0.0697. The molecule has 0 fully saturated rings. The largest absolute Gasteiger partial charge is 0.478 e. The molecule has 0 atom stereocenters. The number of benzene rings is 1. The lowest BCUT2D eigenvalue weighted by atomic mass is 10.0. The summed E-state index contributed by atoms with van der Waals surface area (Å²) in [5.74, 6) is -0.958. The molecule has 0 saturated carbocycles. The Morgan fingerprint density at radius 1 is 0.667 bits per heavy atom. The van der Waals surface area contributed by atoms with Crippen molar-refractivity contribution < 1.29 is 9.90 Å². The van der Waals surface area contributed by atoms with Crippen molar-refractivity contribution in [1.82, 2.24) is 24.9 Å². The van der Waals surface area contributed by atoms with Crippen LogP contribution in [0.4, 0.5) is 0 Å². The first-order valence-corrected chi connectivity index (χ1v) is 15.3. The van der Waals surface area contributed by atoms with Crippen molar-refractivity contribution in [2.24, 2.45) is 0 Å². The van der Waals surface area contributed by atoms with Gasteiger partial charge in [0.25, 0.3) is 0 Å². The molecule has 45 heavy (non-hydrogen) atoms. The molecule has 0 amide bonds. The molecule has 6 heterocycles. The summed E-state index contributed by atoms with van der Waals surface area (Å²) < 4.78 is 0.